The molecule has 2 nitrogen and oxygen atoms in total. The van der Waals surface area contributed by atoms with Gasteiger partial charge in [0.05, 0.1) is 4.32 Å². The molecule has 15 heavy (non-hydrogen) atoms. The molecule has 0 aromatic rings. The Bertz CT molecular complexity index is 208. The van der Waals surface area contributed by atoms with Crippen molar-refractivity contribution in [2.24, 2.45) is 0 Å². The monoisotopic (exact) mass is 313 g/mol. The Balaban J connectivity index is 3.53. The molecular formula is C10H20BrNOS2. The smallest absolute Gasteiger partial charge is 0.236 e. The van der Waals surface area contributed by atoms with Crippen LogP contribution in [0.3, 0.4) is 0 Å². The van der Waals surface area contributed by atoms with Crippen LogP contribution in [0.5, 0.6) is 0 Å². The maximum Gasteiger partial charge on any atom is 0.236 e. The molecule has 0 saturated carbocycles. The fraction of sp³-hybridized carbons (Fsp3) is 0.900. The van der Waals surface area contributed by atoms with Crippen molar-refractivity contribution >= 4 is 43.4 Å². The zero-order valence-electron chi connectivity index (χ0n) is 10.0. The Morgan fingerprint density at radius 2 is 1.80 bits per heavy atom. The number of carbonyl (C=O) groups is 1. The fourth-order valence-corrected chi connectivity index (χ4v) is 2.96. The van der Waals surface area contributed by atoms with Gasteiger partial charge in [-0.05, 0) is 13.8 Å². The quantitative estimate of drug-likeness (QED) is 0.479. The van der Waals surface area contributed by atoms with Crippen molar-refractivity contribution < 1.29 is 4.79 Å². The second kappa shape index (κ2) is 6.40. The van der Waals surface area contributed by atoms with Crippen LogP contribution >= 0.6 is 37.5 Å². The third-order valence-corrected chi connectivity index (χ3v) is 5.02. The molecule has 0 aliphatic heterocycles. The molecule has 5 heteroatoms. The zero-order valence-corrected chi connectivity index (χ0v) is 13.2. The average Bonchev–Trinajstić information content (AvgIpc) is 1.99. The molecule has 0 rings (SSSR count). The van der Waals surface area contributed by atoms with Crippen LogP contribution in [0.25, 0.3) is 0 Å². The summed E-state index contributed by atoms with van der Waals surface area (Å²) in [4.78, 5) is 11.5. The Morgan fingerprint density at radius 1 is 1.27 bits per heavy atom. The van der Waals surface area contributed by atoms with Crippen molar-refractivity contribution in [1.29, 1.82) is 0 Å². The van der Waals surface area contributed by atoms with Crippen molar-refractivity contribution in [2.45, 2.75) is 43.7 Å². The lowest BCUT2D eigenvalue weighted by Crippen LogP contribution is -2.38. The van der Waals surface area contributed by atoms with Crippen LogP contribution < -0.4 is 5.32 Å². The molecule has 0 fully saturated rings. The third kappa shape index (κ3) is 9.57. The lowest BCUT2D eigenvalue weighted by Gasteiger charge is -2.18. The molecule has 0 unspecified atom stereocenters. The van der Waals surface area contributed by atoms with E-state index < -0.39 is 4.32 Å². The van der Waals surface area contributed by atoms with E-state index in [1.54, 1.807) is 10.8 Å². The van der Waals surface area contributed by atoms with Crippen molar-refractivity contribution in [2.75, 3.05) is 12.3 Å². The molecule has 0 heterocycles. The molecule has 0 aromatic heterocycles. The summed E-state index contributed by atoms with van der Waals surface area (Å²) >= 11 is 3.32. The van der Waals surface area contributed by atoms with E-state index in [1.807, 2.05) is 24.6 Å². The average molecular weight is 314 g/mol. The summed E-state index contributed by atoms with van der Waals surface area (Å²) < 4.78 is -0.182. The van der Waals surface area contributed by atoms with Crippen LogP contribution in [0.2, 0.25) is 0 Å². The second-order valence-corrected chi connectivity index (χ2v) is 9.97. The first-order valence-electron chi connectivity index (χ1n) is 4.91. The third-order valence-electron chi connectivity index (χ3n) is 1.32. The number of hydrogen-bond acceptors (Lipinski definition) is 3. The molecule has 0 aliphatic carbocycles. The molecule has 1 N–H and O–H groups in total. The van der Waals surface area contributed by atoms with E-state index in [1.165, 1.54) is 0 Å². The molecule has 0 saturated heterocycles. The van der Waals surface area contributed by atoms with Gasteiger partial charge >= 0.3 is 0 Å². The van der Waals surface area contributed by atoms with Gasteiger partial charge < -0.3 is 5.32 Å². The standard InChI is InChI=1S/C10H20BrNOS2/c1-9(2,3)15-14-7-6-12-8(13)10(4,5)11/h6-7H2,1-5H3,(H,12,13). The first-order valence-corrected chi connectivity index (χ1v) is 8.02. The van der Waals surface area contributed by atoms with Crippen molar-refractivity contribution in [3.05, 3.63) is 0 Å². The Labute approximate surface area is 109 Å². The highest BCUT2D eigenvalue weighted by Gasteiger charge is 2.22. The van der Waals surface area contributed by atoms with Crippen molar-refractivity contribution in [3.63, 3.8) is 0 Å². The van der Waals surface area contributed by atoms with Gasteiger partial charge in [-0.25, -0.2) is 0 Å². The number of hydrogen-bond donors (Lipinski definition) is 1. The highest BCUT2D eigenvalue weighted by Crippen LogP contribution is 2.34. The van der Waals surface area contributed by atoms with E-state index in [4.69, 9.17) is 0 Å². The SMILES string of the molecule is CC(C)(C)SSCCNC(=O)C(C)(C)Br. The van der Waals surface area contributed by atoms with E-state index in [-0.39, 0.29) is 10.7 Å². The highest BCUT2D eigenvalue weighted by molar-refractivity contribution is 9.10. The topological polar surface area (TPSA) is 29.1 Å². The molecule has 0 bridgehead atoms. The zero-order chi connectivity index (χ0) is 12.1. The van der Waals surface area contributed by atoms with Crippen LogP contribution in [0.4, 0.5) is 0 Å². The Morgan fingerprint density at radius 3 is 2.20 bits per heavy atom. The van der Waals surface area contributed by atoms with E-state index in [9.17, 15) is 4.79 Å². The van der Waals surface area contributed by atoms with Crippen molar-refractivity contribution in [1.82, 2.24) is 5.32 Å². The van der Waals surface area contributed by atoms with E-state index >= 15 is 0 Å². The highest BCUT2D eigenvalue weighted by atomic mass is 79.9. The minimum Gasteiger partial charge on any atom is -0.354 e. The molecule has 0 aromatic carbocycles. The summed E-state index contributed by atoms with van der Waals surface area (Å²) in [5.41, 5.74) is 0. The molecule has 1 amide bonds. The largest absolute Gasteiger partial charge is 0.354 e. The van der Waals surface area contributed by atoms with E-state index in [0.29, 0.717) is 0 Å². The van der Waals surface area contributed by atoms with Gasteiger partial charge in [0.25, 0.3) is 0 Å². The van der Waals surface area contributed by atoms with Crippen LogP contribution in [-0.2, 0) is 4.79 Å². The van der Waals surface area contributed by atoms with Gasteiger partial charge in [-0.15, -0.1) is 0 Å². The fourth-order valence-electron chi connectivity index (χ4n) is 0.635. The Kier molecular flexibility index (Phi) is 6.68. The summed E-state index contributed by atoms with van der Waals surface area (Å²) in [6, 6.07) is 0. The summed E-state index contributed by atoms with van der Waals surface area (Å²) in [5, 5.41) is 2.89. The lowest BCUT2D eigenvalue weighted by molar-refractivity contribution is -0.122. The van der Waals surface area contributed by atoms with Crippen molar-refractivity contribution in [3.8, 4) is 0 Å². The van der Waals surface area contributed by atoms with Gasteiger partial charge in [-0.1, -0.05) is 58.3 Å². The number of rotatable bonds is 5. The van der Waals surface area contributed by atoms with Gasteiger partial charge in [-0.2, -0.15) is 0 Å². The number of amides is 1. The summed E-state index contributed by atoms with van der Waals surface area (Å²) in [6.07, 6.45) is 0. The van der Waals surface area contributed by atoms with Gasteiger partial charge in [0.15, 0.2) is 0 Å². The number of alkyl halides is 1. The summed E-state index contributed by atoms with van der Waals surface area (Å²) in [5.74, 6) is 0.986. The predicted molar refractivity (Wildman–Crippen MR) is 75.8 cm³/mol. The molecule has 90 valence electrons. The van der Waals surface area contributed by atoms with Gasteiger partial charge in [0.1, 0.15) is 0 Å². The second-order valence-electron chi connectivity index (χ2n) is 4.75. The minimum absolute atomic E-state index is 0.0452. The normalized spacial score (nSPS) is 12.7. The number of carbonyl (C=O) groups excluding carboxylic acids is 1. The number of nitrogens with one attached hydrogen (secondary N) is 1. The minimum atomic E-state index is -0.463. The number of halogens is 1. The van der Waals surface area contributed by atoms with Gasteiger partial charge in [0.2, 0.25) is 5.91 Å². The maximum atomic E-state index is 11.5. The van der Waals surface area contributed by atoms with Gasteiger partial charge in [0, 0.05) is 17.0 Å². The predicted octanol–water partition coefficient (Wildman–Crippen LogP) is 3.46. The van der Waals surface area contributed by atoms with E-state index in [2.05, 4.69) is 42.0 Å². The molecule has 0 radical (unpaired) electrons. The van der Waals surface area contributed by atoms with Gasteiger partial charge in [-0.3, -0.25) is 4.79 Å². The maximum absolute atomic E-state index is 11.5. The summed E-state index contributed by atoms with van der Waals surface area (Å²) in [6.45, 7) is 11.0. The first kappa shape index (κ1) is 15.7. The Hall–Kier alpha value is 0.650. The molecule has 0 aliphatic rings. The van der Waals surface area contributed by atoms with Crippen LogP contribution in [0.15, 0.2) is 0 Å². The van der Waals surface area contributed by atoms with Crippen LogP contribution in [0, 0.1) is 0 Å². The molecule has 0 atom stereocenters. The lowest BCUT2D eigenvalue weighted by atomic mass is 10.2. The van der Waals surface area contributed by atoms with E-state index in [0.717, 1.165) is 12.3 Å². The van der Waals surface area contributed by atoms with Crippen LogP contribution in [-0.4, -0.2) is 27.3 Å². The van der Waals surface area contributed by atoms with Crippen LogP contribution in [0.1, 0.15) is 34.6 Å². The molecule has 0 spiro atoms. The first-order chi connectivity index (χ1) is 6.63. The molecular weight excluding hydrogens is 294 g/mol. The summed E-state index contributed by atoms with van der Waals surface area (Å²) in [7, 11) is 3.65.